The zero-order valence-corrected chi connectivity index (χ0v) is 12.5. The van der Waals surface area contributed by atoms with Gasteiger partial charge in [0.1, 0.15) is 0 Å². The number of hydrogen-bond donors (Lipinski definition) is 0. The third kappa shape index (κ3) is 4.03. The monoisotopic (exact) mass is 263 g/mol. The Morgan fingerprint density at radius 2 is 1.89 bits per heavy atom. The van der Waals surface area contributed by atoms with Crippen LogP contribution in [0, 0.1) is 5.92 Å². The molecule has 1 nitrogen and oxygen atoms in total. The zero-order valence-electron chi connectivity index (χ0n) is 11.6. The van der Waals surface area contributed by atoms with Crippen molar-refractivity contribution in [3.05, 3.63) is 35.9 Å². The van der Waals surface area contributed by atoms with E-state index in [1.54, 1.807) is 0 Å². The summed E-state index contributed by atoms with van der Waals surface area (Å²) in [6.45, 7) is 4.95. The Hall–Kier alpha value is -0.470. The Labute approximate surface area is 116 Å². The Bertz CT molecular complexity index is 330. The third-order valence-electron chi connectivity index (χ3n) is 4.05. The van der Waals surface area contributed by atoms with Gasteiger partial charge >= 0.3 is 0 Å². The van der Waals surface area contributed by atoms with Crippen LogP contribution in [0.2, 0.25) is 0 Å². The van der Waals surface area contributed by atoms with Gasteiger partial charge in [0.15, 0.2) is 0 Å². The van der Waals surface area contributed by atoms with Gasteiger partial charge in [0.05, 0.1) is 0 Å². The molecule has 0 aliphatic carbocycles. The topological polar surface area (TPSA) is 3.24 Å². The molecular formula is C16H25NS. The Kier molecular flexibility index (Phi) is 5.58. The van der Waals surface area contributed by atoms with Gasteiger partial charge in [0, 0.05) is 11.8 Å². The first-order valence-corrected chi connectivity index (χ1v) is 8.46. The maximum Gasteiger partial charge on any atom is 0.0157 e. The Morgan fingerprint density at radius 3 is 2.50 bits per heavy atom. The second-order valence-electron chi connectivity index (χ2n) is 5.47. The predicted octanol–water partition coefficient (Wildman–Crippen LogP) is 3.69. The van der Waals surface area contributed by atoms with Gasteiger partial charge in [-0.25, -0.2) is 0 Å². The van der Waals surface area contributed by atoms with E-state index in [1.807, 2.05) is 11.8 Å². The summed E-state index contributed by atoms with van der Waals surface area (Å²) in [5, 5.41) is 0. The summed E-state index contributed by atoms with van der Waals surface area (Å²) in [7, 11) is 0. The van der Waals surface area contributed by atoms with Crippen molar-refractivity contribution in [1.29, 1.82) is 0 Å². The highest BCUT2D eigenvalue weighted by Gasteiger charge is 2.22. The smallest absolute Gasteiger partial charge is 0.0157 e. The van der Waals surface area contributed by atoms with Gasteiger partial charge in [0.2, 0.25) is 0 Å². The number of hydrogen-bond acceptors (Lipinski definition) is 2. The third-order valence-corrected chi connectivity index (χ3v) is 4.86. The minimum atomic E-state index is 0.748. The van der Waals surface area contributed by atoms with Crippen LogP contribution in [0.15, 0.2) is 30.3 Å². The van der Waals surface area contributed by atoms with Crippen molar-refractivity contribution >= 4 is 11.8 Å². The zero-order chi connectivity index (χ0) is 12.8. The normalized spacial score (nSPS) is 19.9. The Balaban J connectivity index is 1.77. The molecule has 0 bridgehead atoms. The second-order valence-corrected chi connectivity index (χ2v) is 6.38. The van der Waals surface area contributed by atoms with Gasteiger partial charge in [-0.15, -0.1) is 0 Å². The van der Waals surface area contributed by atoms with Crippen LogP contribution in [0.1, 0.15) is 25.3 Å². The number of likely N-dealkylation sites (tertiary alicyclic amines) is 1. The summed E-state index contributed by atoms with van der Waals surface area (Å²) in [4.78, 5) is 2.66. The molecule has 100 valence electrons. The lowest BCUT2D eigenvalue weighted by Crippen LogP contribution is -2.41. The molecule has 1 unspecified atom stereocenters. The number of nitrogens with zero attached hydrogens (tertiary/aromatic N) is 1. The van der Waals surface area contributed by atoms with E-state index < -0.39 is 0 Å². The number of piperidine rings is 1. The predicted molar refractivity (Wildman–Crippen MR) is 82.3 cm³/mol. The van der Waals surface area contributed by atoms with E-state index in [9.17, 15) is 0 Å². The van der Waals surface area contributed by atoms with Crippen molar-refractivity contribution in [2.45, 2.75) is 32.2 Å². The maximum atomic E-state index is 2.66. The maximum absolute atomic E-state index is 2.66. The van der Waals surface area contributed by atoms with E-state index in [1.165, 1.54) is 43.7 Å². The standard InChI is InChI=1S/C16H25NS/c1-14(13-18-2)17-10-8-16(9-11-17)12-15-6-4-3-5-7-15/h3-7,14,16H,8-13H2,1-2H3. The molecule has 1 aromatic rings. The molecule has 2 heteroatoms. The molecule has 1 aromatic carbocycles. The fourth-order valence-electron chi connectivity index (χ4n) is 2.89. The quantitative estimate of drug-likeness (QED) is 0.797. The van der Waals surface area contributed by atoms with Crippen LogP contribution in [0.25, 0.3) is 0 Å². The van der Waals surface area contributed by atoms with E-state index in [0.717, 1.165) is 12.0 Å². The molecule has 1 saturated heterocycles. The molecule has 0 amide bonds. The number of rotatable bonds is 5. The van der Waals surface area contributed by atoms with Crippen molar-refractivity contribution in [3.8, 4) is 0 Å². The van der Waals surface area contributed by atoms with E-state index in [0.29, 0.717) is 0 Å². The molecule has 1 heterocycles. The fraction of sp³-hybridized carbons (Fsp3) is 0.625. The molecule has 2 rings (SSSR count). The first kappa shape index (κ1) is 14.0. The van der Waals surface area contributed by atoms with Crippen molar-refractivity contribution in [1.82, 2.24) is 4.90 Å². The first-order chi connectivity index (χ1) is 8.79. The largest absolute Gasteiger partial charge is 0.300 e. The molecular weight excluding hydrogens is 238 g/mol. The van der Waals surface area contributed by atoms with E-state index in [-0.39, 0.29) is 0 Å². The highest BCUT2D eigenvalue weighted by Crippen LogP contribution is 2.23. The van der Waals surface area contributed by atoms with Gasteiger partial charge in [-0.2, -0.15) is 11.8 Å². The van der Waals surface area contributed by atoms with Gasteiger partial charge < -0.3 is 0 Å². The van der Waals surface area contributed by atoms with Crippen LogP contribution in [0.5, 0.6) is 0 Å². The van der Waals surface area contributed by atoms with Crippen molar-refractivity contribution in [3.63, 3.8) is 0 Å². The molecule has 1 aliphatic heterocycles. The fourth-order valence-corrected chi connectivity index (χ4v) is 3.59. The summed E-state index contributed by atoms with van der Waals surface area (Å²) in [5.41, 5.74) is 1.51. The molecule has 0 spiro atoms. The lowest BCUT2D eigenvalue weighted by molar-refractivity contribution is 0.151. The molecule has 0 N–H and O–H groups in total. The highest BCUT2D eigenvalue weighted by molar-refractivity contribution is 7.98. The van der Waals surface area contributed by atoms with Crippen LogP contribution in [-0.4, -0.2) is 36.0 Å². The molecule has 18 heavy (non-hydrogen) atoms. The summed E-state index contributed by atoms with van der Waals surface area (Å²) in [5.74, 6) is 2.16. The molecule has 0 aromatic heterocycles. The van der Waals surface area contributed by atoms with E-state index >= 15 is 0 Å². The molecule has 1 fully saturated rings. The molecule has 1 aliphatic rings. The molecule has 1 atom stereocenters. The van der Waals surface area contributed by atoms with Crippen LogP contribution < -0.4 is 0 Å². The van der Waals surface area contributed by atoms with Crippen molar-refractivity contribution in [2.24, 2.45) is 5.92 Å². The average molecular weight is 263 g/mol. The van der Waals surface area contributed by atoms with Crippen LogP contribution in [-0.2, 0) is 6.42 Å². The number of benzene rings is 1. The van der Waals surface area contributed by atoms with Crippen LogP contribution >= 0.6 is 11.8 Å². The average Bonchev–Trinajstić information content (AvgIpc) is 2.41. The first-order valence-electron chi connectivity index (χ1n) is 7.06. The van der Waals surface area contributed by atoms with E-state index in [4.69, 9.17) is 0 Å². The van der Waals surface area contributed by atoms with E-state index in [2.05, 4.69) is 48.4 Å². The number of thioether (sulfide) groups is 1. The summed E-state index contributed by atoms with van der Waals surface area (Å²) < 4.78 is 0. The lowest BCUT2D eigenvalue weighted by atomic mass is 9.90. The highest BCUT2D eigenvalue weighted by atomic mass is 32.2. The van der Waals surface area contributed by atoms with Gasteiger partial charge in [-0.1, -0.05) is 30.3 Å². The van der Waals surface area contributed by atoms with Crippen LogP contribution in [0.3, 0.4) is 0 Å². The Morgan fingerprint density at radius 1 is 1.22 bits per heavy atom. The summed E-state index contributed by atoms with van der Waals surface area (Å²) in [6.07, 6.45) is 6.21. The lowest BCUT2D eigenvalue weighted by Gasteiger charge is -2.36. The van der Waals surface area contributed by atoms with Crippen molar-refractivity contribution in [2.75, 3.05) is 25.1 Å². The van der Waals surface area contributed by atoms with Gasteiger partial charge in [-0.3, -0.25) is 4.90 Å². The van der Waals surface area contributed by atoms with Crippen molar-refractivity contribution < 1.29 is 0 Å². The molecule has 0 saturated carbocycles. The van der Waals surface area contributed by atoms with Gasteiger partial charge in [-0.05, 0) is 57.0 Å². The molecule has 0 radical (unpaired) electrons. The SMILES string of the molecule is CSCC(C)N1CCC(Cc2ccccc2)CC1. The second kappa shape index (κ2) is 7.20. The minimum absolute atomic E-state index is 0.748. The summed E-state index contributed by atoms with van der Waals surface area (Å²) in [6, 6.07) is 11.7. The minimum Gasteiger partial charge on any atom is -0.300 e. The van der Waals surface area contributed by atoms with Gasteiger partial charge in [0.25, 0.3) is 0 Å². The summed E-state index contributed by atoms with van der Waals surface area (Å²) >= 11 is 1.97. The van der Waals surface area contributed by atoms with Crippen LogP contribution in [0.4, 0.5) is 0 Å².